The molecule has 11 heteroatoms. The molecule has 3 aromatic rings. The van der Waals surface area contributed by atoms with Crippen LogP contribution in [0.4, 0.5) is 0 Å². The number of thiophene rings is 1. The number of hydrogen-bond donors (Lipinski definition) is 1. The fourth-order valence-electron chi connectivity index (χ4n) is 4.93. The van der Waals surface area contributed by atoms with Crippen molar-refractivity contribution in [2.45, 2.75) is 38.3 Å². The monoisotopic (exact) mass is 519 g/mol. The second kappa shape index (κ2) is 9.07. The lowest BCUT2D eigenvalue weighted by atomic mass is 10.0. The predicted molar refractivity (Wildman–Crippen MR) is 133 cm³/mol. The van der Waals surface area contributed by atoms with Crippen LogP contribution in [0.1, 0.15) is 30.7 Å². The summed E-state index contributed by atoms with van der Waals surface area (Å²) in [5, 5.41) is 7.11. The van der Waals surface area contributed by atoms with Crippen molar-refractivity contribution in [3.05, 3.63) is 57.4 Å². The predicted octanol–water partition coefficient (Wildman–Crippen LogP) is 2.96. The van der Waals surface area contributed by atoms with Gasteiger partial charge in [0.1, 0.15) is 16.7 Å². The van der Waals surface area contributed by atoms with Crippen molar-refractivity contribution >= 4 is 46.5 Å². The molecule has 182 valence electrons. The number of hydrogen-bond acceptors (Lipinski definition) is 9. The second-order valence-electron chi connectivity index (χ2n) is 8.90. The summed E-state index contributed by atoms with van der Waals surface area (Å²) < 4.78 is 4.54. The summed E-state index contributed by atoms with van der Waals surface area (Å²) in [7, 11) is 0. The normalized spacial score (nSPS) is 20.3. The molecular weight excluding hydrogens is 498 g/mol. The first-order valence-corrected chi connectivity index (χ1v) is 13.4. The number of piperidine rings is 1. The van der Waals surface area contributed by atoms with Crippen molar-refractivity contribution in [1.82, 2.24) is 24.5 Å². The average molecular weight is 520 g/mol. The van der Waals surface area contributed by atoms with E-state index in [4.69, 9.17) is 4.98 Å². The molecule has 1 N–H and O–H groups in total. The molecular formula is C25H21N5O4S2. The first kappa shape index (κ1) is 22.7. The van der Waals surface area contributed by atoms with Gasteiger partial charge in [0.15, 0.2) is 5.82 Å². The number of imide groups is 2. The molecule has 2 aromatic heterocycles. The molecule has 0 radical (unpaired) electrons. The average Bonchev–Trinajstić information content (AvgIpc) is 3.62. The Morgan fingerprint density at radius 2 is 1.89 bits per heavy atom. The highest BCUT2D eigenvalue weighted by Gasteiger charge is 2.48. The Balaban J connectivity index is 1.22. The van der Waals surface area contributed by atoms with E-state index in [-0.39, 0.29) is 18.7 Å². The van der Waals surface area contributed by atoms with Crippen LogP contribution in [0.25, 0.3) is 22.5 Å². The summed E-state index contributed by atoms with van der Waals surface area (Å²) >= 11 is 2.92. The zero-order valence-electron chi connectivity index (χ0n) is 19.1. The van der Waals surface area contributed by atoms with Gasteiger partial charge in [-0.1, -0.05) is 18.2 Å². The second-order valence-corrected chi connectivity index (χ2v) is 10.5. The van der Waals surface area contributed by atoms with E-state index in [1.54, 1.807) is 11.3 Å². The number of nitrogens with zero attached hydrogens (tertiary/aromatic N) is 4. The Labute approximate surface area is 214 Å². The van der Waals surface area contributed by atoms with Gasteiger partial charge in [-0.3, -0.25) is 29.4 Å². The molecule has 1 aromatic carbocycles. The van der Waals surface area contributed by atoms with E-state index in [0.29, 0.717) is 36.6 Å². The summed E-state index contributed by atoms with van der Waals surface area (Å²) in [5.74, 6) is -1.27. The van der Waals surface area contributed by atoms with Gasteiger partial charge in [-0.2, -0.15) is 15.7 Å². The maximum Gasteiger partial charge on any atom is 0.278 e. The van der Waals surface area contributed by atoms with Crippen molar-refractivity contribution in [2.24, 2.45) is 0 Å². The first-order chi connectivity index (χ1) is 17.5. The molecule has 36 heavy (non-hydrogen) atoms. The zero-order chi connectivity index (χ0) is 24.8. The number of aromatic nitrogens is 2. The summed E-state index contributed by atoms with van der Waals surface area (Å²) in [4.78, 5) is 58.0. The van der Waals surface area contributed by atoms with E-state index in [0.717, 1.165) is 33.0 Å². The van der Waals surface area contributed by atoms with E-state index >= 15 is 0 Å². The number of nitrogens with one attached hydrogen (secondary N) is 1. The Morgan fingerprint density at radius 3 is 2.69 bits per heavy atom. The van der Waals surface area contributed by atoms with E-state index in [2.05, 4.69) is 33.3 Å². The Morgan fingerprint density at radius 1 is 1.03 bits per heavy atom. The molecule has 3 aliphatic rings. The molecule has 5 heterocycles. The summed E-state index contributed by atoms with van der Waals surface area (Å²) in [6.45, 7) is 0.951. The lowest BCUT2D eigenvalue weighted by Crippen LogP contribution is -2.55. The third kappa shape index (κ3) is 3.94. The van der Waals surface area contributed by atoms with Crippen molar-refractivity contribution in [3.8, 4) is 22.5 Å². The van der Waals surface area contributed by atoms with E-state index < -0.39 is 23.8 Å². The summed E-state index contributed by atoms with van der Waals surface area (Å²) in [6.07, 6.45) is 1.45. The number of rotatable bonds is 5. The van der Waals surface area contributed by atoms with E-state index in [1.165, 1.54) is 11.5 Å². The van der Waals surface area contributed by atoms with Crippen molar-refractivity contribution in [2.75, 3.05) is 6.54 Å². The number of carbonyl (C=O) groups excluding carboxylic acids is 4. The zero-order valence-corrected chi connectivity index (χ0v) is 20.7. The highest BCUT2D eigenvalue weighted by molar-refractivity contribution is 7.08. The van der Waals surface area contributed by atoms with E-state index in [1.807, 2.05) is 22.4 Å². The van der Waals surface area contributed by atoms with Gasteiger partial charge in [0.25, 0.3) is 11.8 Å². The van der Waals surface area contributed by atoms with Crippen LogP contribution in [-0.4, -0.2) is 55.4 Å². The largest absolute Gasteiger partial charge is 0.360 e. The smallest absolute Gasteiger partial charge is 0.278 e. The van der Waals surface area contributed by atoms with Crippen molar-refractivity contribution in [1.29, 1.82) is 0 Å². The van der Waals surface area contributed by atoms with Gasteiger partial charge in [0.2, 0.25) is 11.8 Å². The minimum atomic E-state index is -0.959. The van der Waals surface area contributed by atoms with Crippen LogP contribution < -0.4 is 5.32 Å². The first-order valence-electron chi connectivity index (χ1n) is 11.6. The van der Waals surface area contributed by atoms with Crippen LogP contribution >= 0.6 is 22.9 Å². The van der Waals surface area contributed by atoms with Crippen LogP contribution in [0.3, 0.4) is 0 Å². The lowest BCUT2D eigenvalue weighted by Gasteiger charge is -2.30. The summed E-state index contributed by atoms with van der Waals surface area (Å²) in [5.41, 5.74) is 3.93. The SMILES string of the molecule is O=C1CCC(N2C(=O)C3=C(C2=O)N(Cc2nc(-c4cccc(-c5ccsc5)c4)ns2)CCC3)C(=O)N1. The lowest BCUT2D eigenvalue weighted by molar-refractivity contribution is -0.150. The minimum Gasteiger partial charge on any atom is -0.360 e. The minimum absolute atomic E-state index is 0.100. The fraction of sp³-hybridized carbons (Fsp3) is 0.280. The van der Waals surface area contributed by atoms with Crippen LogP contribution in [0, 0.1) is 0 Å². The van der Waals surface area contributed by atoms with Crippen molar-refractivity contribution < 1.29 is 19.2 Å². The molecule has 0 bridgehead atoms. The molecule has 1 atom stereocenters. The molecule has 1 fully saturated rings. The maximum absolute atomic E-state index is 13.4. The van der Waals surface area contributed by atoms with Gasteiger partial charge >= 0.3 is 0 Å². The Kier molecular flexibility index (Phi) is 5.73. The highest BCUT2D eigenvalue weighted by Crippen LogP contribution is 2.35. The van der Waals surface area contributed by atoms with Gasteiger partial charge in [-0.15, -0.1) is 0 Å². The molecule has 0 spiro atoms. The molecule has 4 amide bonds. The number of carbonyl (C=O) groups is 4. The quantitative estimate of drug-likeness (QED) is 0.516. The van der Waals surface area contributed by atoms with Gasteiger partial charge < -0.3 is 4.90 Å². The Hall–Kier alpha value is -3.70. The molecule has 9 nitrogen and oxygen atoms in total. The van der Waals surface area contributed by atoms with Gasteiger partial charge in [0, 0.05) is 24.1 Å². The maximum atomic E-state index is 13.4. The standard InChI is InChI=1S/C25H21N5O4S2/c31-19-7-6-18(23(32)26-19)30-24(33)17-5-2-9-29(21(17)25(30)34)12-20-27-22(28-36-20)15-4-1-3-14(11-15)16-8-10-35-13-16/h1,3-4,8,10-11,13,18H,2,5-7,9,12H2,(H,26,31,32). The van der Waals surface area contributed by atoms with Crippen LogP contribution in [0.2, 0.25) is 0 Å². The van der Waals surface area contributed by atoms with Crippen LogP contribution in [0.5, 0.6) is 0 Å². The van der Waals surface area contributed by atoms with Gasteiger partial charge in [0.05, 0.1) is 6.54 Å². The van der Waals surface area contributed by atoms with Crippen LogP contribution in [-0.2, 0) is 25.7 Å². The molecule has 6 rings (SSSR count). The number of amides is 4. The van der Waals surface area contributed by atoms with E-state index in [9.17, 15) is 19.2 Å². The topological polar surface area (TPSA) is 113 Å². The molecule has 3 aliphatic heterocycles. The molecule has 1 saturated heterocycles. The molecule has 0 saturated carbocycles. The third-order valence-corrected chi connectivity index (χ3v) is 8.03. The highest BCUT2D eigenvalue weighted by atomic mass is 32.1. The third-order valence-electron chi connectivity index (χ3n) is 6.65. The van der Waals surface area contributed by atoms with Crippen LogP contribution in [0.15, 0.2) is 52.4 Å². The molecule has 0 aliphatic carbocycles. The molecule has 1 unspecified atom stereocenters. The van der Waals surface area contributed by atoms with Crippen molar-refractivity contribution in [3.63, 3.8) is 0 Å². The van der Waals surface area contributed by atoms with Gasteiger partial charge in [-0.25, -0.2) is 4.98 Å². The van der Waals surface area contributed by atoms with Gasteiger partial charge in [-0.05, 0) is 64.8 Å². The summed E-state index contributed by atoms with van der Waals surface area (Å²) in [6, 6.07) is 9.18. The fourth-order valence-corrected chi connectivity index (χ4v) is 6.27. The Bertz CT molecular complexity index is 1430. The number of benzene rings is 1.